The highest BCUT2D eigenvalue weighted by atomic mass is 35.5. The summed E-state index contributed by atoms with van der Waals surface area (Å²) in [7, 11) is 1.87. The number of H-pyrrole nitrogens is 2. The third-order valence-electron chi connectivity index (χ3n) is 5.54. The maximum Gasteiger partial charge on any atom is 0.253 e. The van der Waals surface area contributed by atoms with Crippen molar-refractivity contribution in [2.45, 2.75) is 44.6 Å². The van der Waals surface area contributed by atoms with E-state index < -0.39 is 0 Å². The second-order valence-electron chi connectivity index (χ2n) is 7.37. The van der Waals surface area contributed by atoms with Gasteiger partial charge >= 0.3 is 0 Å². The van der Waals surface area contributed by atoms with E-state index in [0.717, 1.165) is 42.9 Å². The molecule has 28 heavy (non-hydrogen) atoms. The molecule has 1 unspecified atom stereocenters. The smallest absolute Gasteiger partial charge is 0.253 e. The molecule has 0 saturated heterocycles. The van der Waals surface area contributed by atoms with Crippen LogP contribution in [0, 0.1) is 6.92 Å². The molecule has 0 aliphatic heterocycles. The lowest BCUT2D eigenvalue weighted by Crippen LogP contribution is -2.40. The lowest BCUT2D eigenvalue weighted by atomic mass is 9.84. The summed E-state index contributed by atoms with van der Waals surface area (Å²) in [5, 5.41) is 9.23. The average molecular weight is 399 g/mol. The highest BCUT2D eigenvalue weighted by molar-refractivity contribution is 6.30. The average Bonchev–Trinajstić information content (AvgIpc) is 3.36. The molecule has 3 aromatic rings. The Hall–Kier alpha value is -2.67. The van der Waals surface area contributed by atoms with Gasteiger partial charge in [0.2, 0.25) is 0 Å². The van der Waals surface area contributed by atoms with Gasteiger partial charge < -0.3 is 14.9 Å². The summed E-state index contributed by atoms with van der Waals surface area (Å²) < 4.78 is 0. The monoisotopic (exact) mass is 398 g/mol. The van der Waals surface area contributed by atoms with E-state index in [-0.39, 0.29) is 17.9 Å². The molecule has 1 fully saturated rings. The lowest BCUT2D eigenvalue weighted by Gasteiger charge is -2.34. The molecule has 1 saturated carbocycles. The molecule has 0 radical (unpaired) electrons. The Morgan fingerprint density at radius 3 is 2.89 bits per heavy atom. The van der Waals surface area contributed by atoms with Crippen LogP contribution in [-0.2, 0) is 0 Å². The second-order valence-corrected chi connectivity index (χ2v) is 7.80. The van der Waals surface area contributed by atoms with Crippen LogP contribution in [0.15, 0.2) is 30.6 Å². The molecule has 8 heteroatoms. The van der Waals surface area contributed by atoms with Gasteiger partial charge in [-0.25, -0.2) is 4.98 Å². The van der Waals surface area contributed by atoms with Gasteiger partial charge in [0.05, 0.1) is 12.0 Å². The normalized spacial score (nSPS) is 19.5. The first-order chi connectivity index (χ1) is 13.5. The van der Waals surface area contributed by atoms with Crippen molar-refractivity contribution in [3.05, 3.63) is 52.7 Å². The van der Waals surface area contributed by atoms with E-state index in [9.17, 15) is 4.79 Å². The van der Waals surface area contributed by atoms with Crippen LogP contribution in [0.4, 0.5) is 0 Å². The van der Waals surface area contributed by atoms with E-state index in [0.29, 0.717) is 16.4 Å². The minimum atomic E-state index is -0.000469. The molecule has 1 aliphatic rings. The Bertz CT molecular complexity index is 980. The van der Waals surface area contributed by atoms with Crippen molar-refractivity contribution in [3.63, 3.8) is 0 Å². The fourth-order valence-corrected chi connectivity index (χ4v) is 4.12. The molecule has 2 atom stereocenters. The van der Waals surface area contributed by atoms with Gasteiger partial charge in [0.15, 0.2) is 5.82 Å². The number of hydrogen-bond donors (Lipinski definition) is 2. The number of halogens is 1. The number of imidazole rings is 1. The van der Waals surface area contributed by atoms with Gasteiger partial charge in [0.25, 0.3) is 5.91 Å². The molecule has 4 rings (SSSR count). The van der Waals surface area contributed by atoms with Crippen LogP contribution in [0.2, 0.25) is 5.02 Å². The number of nitrogens with zero attached hydrogens (tertiary/aromatic N) is 4. The Labute approximate surface area is 168 Å². The Morgan fingerprint density at radius 2 is 2.14 bits per heavy atom. The van der Waals surface area contributed by atoms with Gasteiger partial charge in [-0.15, -0.1) is 10.2 Å². The fourth-order valence-electron chi connectivity index (χ4n) is 3.93. The van der Waals surface area contributed by atoms with Crippen molar-refractivity contribution < 1.29 is 4.79 Å². The third kappa shape index (κ3) is 3.67. The predicted molar refractivity (Wildman–Crippen MR) is 107 cm³/mol. The van der Waals surface area contributed by atoms with E-state index in [2.05, 4.69) is 25.1 Å². The van der Waals surface area contributed by atoms with Crippen molar-refractivity contribution in [1.82, 2.24) is 30.0 Å². The minimum Gasteiger partial charge on any atom is -0.342 e. The van der Waals surface area contributed by atoms with Crippen LogP contribution in [0.1, 0.15) is 53.5 Å². The molecule has 0 bridgehead atoms. The van der Waals surface area contributed by atoms with Gasteiger partial charge in [-0.1, -0.05) is 24.1 Å². The number of rotatable bonds is 4. The molecule has 7 nitrogen and oxygen atoms in total. The number of nitrogens with one attached hydrogen (secondary N) is 2. The zero-order chi connectivity index (χ0) is 19.7. The van der Waals surface area contributed by atoms with Gasteiger partial charge in [0, 0.05) is 29.6 Å². The Balaban J connectivity index is 1.48. The third-order valence-corrected chi connectivity index (χ3v) is 5.78. The number of amides is 1. The van der Waals surface area contributed by atoms with Crippen LogP contribution >= 0.6 is 11.6 Å². The van der Waals surface area contributed by atoms with E-state index >= 15 is 0 Å². The number of aromatic nitrogens is 5. The summed E-state index contributed by atoms with van der Waals surface area (Å²) in [5.74, 6) is 1.82. The molecule has 146 valence electrons. The molecule has 1 amide bonds. The highest BCUT2D eigenvalue weighted by Gasteiger charge is 2.30. The summed E-state index contributed by atoms with van der Waals surface area (Å²) in [6, 6.07) is 7.27. The van der Waals surface area contributed by atoms with Gasteiger partial charge in [-0.2, -0.15) is 0 Å². The first-order valence-corrected chi connectivity index (χ1v) is 9.86. The summed E-state index contributed by atoms with van der Waals surface area (Å²) in [4.78, 5) is 25.3. The number of carbonyl (C=O) groups is 1. The minimum absolute atomic E-state index is 0.000469. The quantitative estimate of drug-likeness (QED) is 0.696. The zero-order valence-corrected chi connectivity index (χ0v) is 16.7. The van der Waals surface area contributed by atoms with E-state index in [4.69, 9.17) is 11.6 Å². The molecule has 2 N–H and O–H groups in total. The van der Waals surface area contributed by atoms with Crippen molar-refractivity contribution in [1.29, 1.82) is 0 Å². The highest BCUT2D eigenvalue weighted by Crippen LogP contribution is 2.34. The standard InChI is InChI=1S/C20H23ClN6O/c1-12-17(23-11-22-12)19-24-18(25-26-19)13-5-4-8-16(10-13)27(2)20(28)14-6-3-7-15(21)9-14/h3,6-7,9,11,13,16H,4-5,8,10H2,1-2H3,(H,22,23)(H,24,25,26)/t13?,16-/m1/s1. The number of carbonyl (C=O) groups excluding carboxylic acids is 1. The first-order valence-electron chi connectivity index (χ1n) is 9.48. The number of aryl methyl sites for hydroxylation is 1. The fraction of sp³-hybridized carbons (Fsp3) is 0.400. The van der Waals surface area contributed by atoms with E-state index in [1.54, 1.807) is 30.6 Å². The van der Waals surface area contributed by atoms with Crippen molar-refractivity contribution in [2.24, 2.45) is 0 Å². The zero-order valence-electron chi connectivity index (χ0n) is 15.9. The maximum atomic E-state index is 12.9. The predicted octanol–water partition coefficient (Wildman–Crippen LogP) is 3.96. The second kappa shape index (κ2) is 7.75. The van der Waals surface area contributed by atoms with Gasteiger partial charge in [-0.05, 0) is 44.4 Å². The van der Waals surface area contributed by atoms with Crippen molar-refractivity contribution in [3.8, 4) is 11.5 Å². The van der Waals surface area contributed by atoms with Crippen LogP contribution in [0.5, 0.6) is 0 Å². The van der Waals surface area contributed by atoms with E-state index in [1.165, 1.54) is 0 Å². The van der Waals surface area contributed by atoms with Crippen molar-refractivity contribution in [2.75, 3.05) is 7.05 Å². The number of benzene rings is 1. The SMILES string of the molecule is Cc1nc[nH]c1-c1nnc(C2CCC[C@@H](N(C)C(=O)c3cccc(Cl)c3)C2)[nH]1. The summed E-state index contributed by atoms with van der Waals surface area (Å²) in [6.45, 7) is 1.93. The van der Waals surface area contributed by atoms with Crippen LogP contribution in [-0.4, -0.2) is 49.0 Å². The molecule has 1 aromatic carbocycles. The van der Waals surface area contributed by atoms with Crippen LogP contribution in [0.3, 0.4) is 0 Å². The lowest BCUT2D eigenvalue weighted by molar-refractivity contribution is 0.0684. The van der Waals surface area contributed by atoms with E-state index in [1.807, 2.05) is 18.9 Å². The topological polar surface area (TPSA) is 90.6 Å². The first kappa shape index (κ1) is 18.7. The Morgan fingerprint density at radius 1 is 1.29 bits per heavy atom. The molecule has 2 heterocycles. The maximum absolute atomic E-state index is 12.9. The Kier molecular flexibility index (Phi) is 5.17. The number of hydrogen-bond acceptors (Lipinski definition) is 4. The molecule has 1 aliphatic carbocycles. The van der Waals surface area contributed by atoms with Crippen LogP contribution < -0.4 is 0 Å². The summed E-state index contributed by atoms with van der Waals surface area (Å²) >= 11 is 6.04. The largest absolute Gasteiger partial charge is 0.342 e. The van der Waals surface area contributed by atoms with Gasteiger partial charge in [0.1, 0.15) is 11.5 Å². The summed E-state index contributed by atoms with van der Waals surface area (Å²) in [6.07, 6.45) is 5.58. The van der Waals surface area contributed by atoms with Gasteiger partial charge in [-0.3, -0.25) is 4.79 Å². The molecule has 0 spiro atoms. The summed E-state index contributed by atoms with van der Waals surface area (Å²) in [5.41, 5.74) is 2.37. The molecular formula is C20H23ClN6O. The molecular weight excluding hydrogens is 376 g/mol. The van der Waals surface area contributed by atoms with Crippen molar-refractivity contribution >= 4 is 17.5 Å². The molecule has 2 aromatic heterocycles. The number of aromatic amines is 2. The van der Waals surface area contributed by atoms with Crippen LogP contribution in [0.25, 0.3) is 11.5 Å².